The van der Waals surface area contributed by atoms with Crippen molar-refractivity contribution in [2.24, 2.45) is 20.5 Å². The quantitative estimate of drug-likeness (QED) is 0.0661. The number of azo groups is 2. The summed E-state index contributed by atoms with van der Waals surface area (Å²) in [5.74, 6) is -0.744. The summed E-state index contributed by atoms with van der Waals surface area (Å²) in [5.41, 5.74) is 5.47. The summed E-state index contributed by atoms with van der Waals surface area (Å²) in [5, 5.41) is 26.3. The third kappa shape index (κ3) is 11.8. The van der Waals surface area contributed by atoms with Crippen molar-refractivity contribution < 1.29 is 31.7 Å². The van der Waals surface area contributed by atoms with Crippen molar-refractivity contribution in [3.05, 3.63) is 72.8 Å². The van der Waals surface area contributed by atoms with Crippen LogP contribution in [0.2, 0.25) is 0 Å². The van der Waals surface area contributed by atoms with E-state index >= 15 is 0 Å². The first-order chi connectivity index (χ1) is 21.4. The van der Waals surface area contributed by atoms with Gasteiger partial charge in [-0.3, -0.25) is 4.55 Å². The minimum atomic E-state index is -4.91. The average molecular weight is 664 g/mol. The molecule has 14 heteroatoms. The van der Waals surface area contributed by atoms with E-state index in [9.17, 15) is 31.7 Å². The fraction of sp³-hybridized carbons (Fsp3) is 0.290. The maximum atomic E-state index is 12.1. The number of nitrogens with two attached hydrogens (primary N) is 1. The molecule has 0 spiro atoms. The number of rotatable bonds is 6. The number of hydrogen-bond donors (Lipinski definition) is 6. The lowest BCUT2D eigenvalue weighted by Crippen LogP contribution is -2.03. The lowest BCUT2D eigenvalue weighted by atomic mass is 10.1. The molecule has 7 N–H and O–H groups in total. The predicted octanol–water partition coefficient (Wildman–Crippen LogP) is 11.3. The minimum Gasteiger partial charge on any atom is -0.505 e. The smallest absolute Gasteiger partial charge is 0.296 e. The van der Waals surface area contributed by atoms with Crippen LogP contribution in [0, 0.1) is 0 Å². The molecule has 0 bridgehead atoms. The second kappa shape index (κ2) is 20.2. The lowest BCUT2D eigenvalue weighted by Gasteiger charge is -2.22. The molecule has 0 aliphatic rings. The Balaban J connectivity index is 0.00000196. The number of phenolic OH excluding ortho intramolecular Hbond substituents is 1. The average Bonchev–Trinajstić information content (AvgIpc) is 3.03. The van der Waals surface area contributed by atoms with Crippen molar-refractivity contribution in [1.29, 1.82) is 0 Å². The first kappa shape index (κ1) is 41.1. The summed E-state index contributed by atoms with van der Waals surface area (Å²) in [6, 6.07) is 18.4. The van der Waals surface area contributed by atoms with Crippen LogP contribution in [-0.2, 0) is 10.1 Å². The fourth-order valence-electron chi connectivity index (χ4n) is 3.32. The summed E-state index contributed by atoms with van der Waals surface area (Å²) < 4.78 is 63.9. The predicted molar refractivity (Wildman–Crippen MR) is 185 cm³/mol. The van der Waals surface area contributed by atoms with E-state index < -0.39 is 53.6 Å². The van der Waals surface area contributed by atoms with Crippen LogP contribution in [0.5, 0.6) is 5.75 Å². The molecule has 0 radical (unpaired) electrons. The molecule has 0 aromatic heterocycles. The van der Waals surface area contributed by atoms with Gasteiger partial charge in [0.2, 0.25) is 0 Å². The summed E-state index contributed by atoms with van der Waals surface area (Å²) >= 11 is 0. The van der Waals surface area contributed by atoms with Gasteiger partial charge in [-0.25, -0.2) is 0 Å². The number of nitrogens with zero attached hydrogens (tertiary/aromatic N) is 4. The van der Waals surface area contributed by atoms with Crippen molar-refractivity contribution in [3.8, 4) is 5.75 Å². The summed E-state index contributed by atoms with van der Waals surface area (Å²) in [6.45, 7) is 16.2. The highest BCUT2D eigenvalue weighted by Gasteiger charge is 2.29. The molecule has 0 saturated heterocycles. The topological polar surface area (TPSA) is 211 Å². The summed E-state index contributed by atoms with van der Waals surface area (Å²) in [4.78, 5) is -1.41. The molecule has 0 aliphatic carbocycles. The zero-order valence-electron chi connectivity index (χ0n) is 26.9. The Hall–Kier alpha value is -3.92. The van der Waals surface area contributed by atoms with E-state index in [1.54, 1.807) is 60.7 Å². The first-order valence-corrected chi connectivity index (χ1v) is 17.4. The molecule has 0 fully saturated rings. The van der Waals surface area contributed by atoms with Crippen LogP contribution in [0.15, 0.2) is 103 Å². The van der Waals surface area contributed by atoms with Gasteiger partial charge in [-0.15, -0.1) is 10.2 Å². The molecule has 0 aliphatic heterocycles. The van der Waals surface area contributed by atoms with Crippen LogP contribution in [0.4, 0.5) is 28.4 Å². The Kier molecular flexibility index (Phi) is 18.4. The second-order valence-corrected chi connectivity index (χ2v) is 10.9. The van der Waals surface area contributed by atoms with Crippen molar-refractivity contribution in [2.75, 3.05) is 5.73 Å². The van der Waals surface area contributed by atoms with E-state index in [4.69, 9.17) is 5.73 Å². The van der Waals surface area contributed by atoms with Crippen LogP contribution in [0.1, 0.15) is 61.8 Å². The minimum absolute atomic E-state index is 0.168. The van der Waals surface area contributed by atoms with Crippen LogP contribution >= 0.6 is 10.9 Å². The van der Waals surface area contributed by atoms with Crippen LogP contribution < -0.4 is 5.73 Å². The molecule has 0 amide bonds. The van der Waals surface area contributed by atoms with E-state index in [-0.39, 0.29) is 10.8 Å². The maximum absolute atomic E-state index is 12.1. The Morgan fingerprint density at radius 1 is 0.644 bits per heavy atom. The number of benzene rings is 4. The Morgan fingerprint density at radius 2 is 1.02 bits per heavy atom. The van der Waals surface area contributed by atoms with Crippen molar-refractivity contribution in [1.82, 2.24) is 0 Å². The van der Waals surface area contributed by atoms with E-state index in [0.29, 0.717) is 11.4 Å². The molecule has 4 aromatic rings. The zero-order chi connectivity index (χ0) is 34.8. The Bertz CT molecular complexity index is 1630. The molecule has 0 saturated carbocycles. The van der Waals surface area contributed by atoms with Gasteiger partial charge in [-0.1, -0.05) is 98.2 Å². The number of fused-ring (bicyclic) bond motifs is 1. The number of phenols is 1. The number of hydrogen-bond acceptors (Lipinski definition) is 11. The first-order valence-electron chi connectivity index (χ1n) is 14.4. The summed E-state index contributed by atoms with van der Waals surface area (Å²) in [7, 11) is -9.39. The molecule has 0 unspecified atom stereocenters. The highest BCUT2D eigenvalue weighted by molar-refractivity contribution is 8.19. The maximum Gasteiger partial charge on any atom is 0.296 e. The fourth-order valence-corrected chi connectivity index (χ4v) is 4.67. The number of aromatic hydroxyl groups is 1. The highest BCUT2D eigenvalue weighted by atomic mass is 32.3. The van der Waals surface area contributed by atoms with Crippen molar-refractivity contribution >= 4 is 60.2 Å². The van der Waals surface area contributed by atoms with Gasteiger partial charge in [0.05, 0.1) is 27.3 Å². The molecule has 0 atom stereocenters. The number of anilines is 1. The van der Waals surface area contributed by atoms with Gasteiger partial charge in [0.1, 0.15) is 27.1 Å². The number of nitrogen functional groups attached to an aromatic ring is 1. The van der Waals surface area contributed by atoms with E-state index in [0.717, 1.165) is 12.1 Å². The monoisotopic (exact) mass is 663 g/mol. The molecule has 45 heavy (non-hydrogen) atoms. The molecular weight excluding hydrogens is 619 g/mol. The van der Waals surface area contributed by atoms with Gasteiger partial charge in [-0.05, 0) is 41.8 Å². The zero-order valence-corrected chi connectivity index (χ0v) is 28.5. The van der Waals surface area contributed by atoms with Gasteiger partial charge in [0.15, 0.2) is 5.75 Å². The second-order valence-electron chi connectivity index (χ2n) is 8.08. The molecule has 248 valence electrons. The molecular formula is C31H45N5O7S2. The van der Waals surface area contributed by atoms with Gasteiger partial charge < -0.3 is 24.5 Å². The molecule has 12 nitrogen and oxygen atoms in total. The van der Waals surface area contributed by atoms with Crippen LogP contribution in [0.25, 0.3) is 10.8 Å². The normalized spacial score (nSPS) is 11.3. The van der Waals surface area contributed by atoms with Gasteiger partial charge in [-0.2, -0.15) is 18.6 Å². The van der Waals surface area contributed by atoms with Gasteiger partial charge in [0.25, 0.3) is 10.1 Å². The van der Waals surface area contributed by atoms with E-state index in [1.807, 2.05) is 41.5 Å². The third-order valence-corrected chi connectivity index (χ3v) is 6.70. The third-order valence-electron chi connectivity index (χ3n) is 4.93. The Morgan fingerprint density at radius 3 is 1.40 bits per heavy atom. The molecule has 0 heterocycles. The standard InChI is InChI=1S/C22H19N5O7S2.C3H8.3C2H6/c23-19-18-13(11-16(35(29,30)31)20(19)26-24-14-7-3-1-4-8-14)12-17(36(32,33)34)21(22(18)28)27-25-15-9-5-2-6-10-15;1-3-2;3*1-2/h1-12,28,32-34H,23H2,(H,29,30,31);3H2,1-2H3;3*1-2H3. The van der Waals surface area contributed by atoms with Crippen molar-refractivity contribution in [3.63, 3.8) is 0 Å². The van der Waals surface area contributed by atoms with Gasteiger partial charge in [0, 0.05) is 0 Å². The molecule has 4 rings (SSSR count). The van der Waals surface area contributed by atoms with E-state index in [2.05, 4.69) is 34.3 Å². The van der Waals surface area contributed by atoms with E-state index in [1.165, 1.54) is 6.42 Å². The SMILES string of the molecule is CC.CC.CC.CCC.Nc1c(N=Nc2ccccc2)c(S(=O)(=O)O)cc2cc(S(O)(O)O)c(N=Nc3ccccc3)c(O)c12. The Labute approximate surface area is 267 Å². The largest absolute Gasteiger partial charge is 0.505 e. The van der Waals surface area contributed by atoms with Gasteiger partial charge >= 0.3 is 0 Å². The summed E-state index contributed by atoms with van der Waals surface area (Å²) in [6.07, 6.45) is 1.25. The lowest BCUT2D eigenvalue weighted by molar-refractivity contribution is 0.375. The highest BCUT2D eigenvalue weighted by Crippen LogP contribution is 2.56. The van der Waals surface area contributed by atoms with Crippen LogP contribution in [-0.4, -0.2) is 31.7 Å². The molecule has 4 aromatic carbocycles. The van der Waals surface area contributed by atoms with Crippen LogP contribution in [0.3, 0.4) is 0 Å². The van der Waals surface area contributed by atoms with Crippen molar-refractivity contribution in [2.45, 2.75) is 71.6 Å².